The van der Waals surface area contributed by atoms with Crippen molar-refractivity contribution in [3.05, 3.63) is 94.0 Å². The summed E-state index contributed by atoms with van der Waals surface area (Å²) in [6.07, 6.45) is 3.79. The van der Waals surface area contributed by atoms with Crippen LogP contribution in [0.25, 0.3) is 6.08 Å². The highest BCUT2D eigenvalue weighted by Crippen LogP contribution is 2.62. The van der Waals surface area contributed by atoms with Gasteiger partial charge in [-0.05, 0) is 29.8 Å². The predicted molar refractivity (Wildman–Crippen MR) is 155 cm³/mol. The Bertz CT molecular complexity index is 1580. The number of nitrogens with zero attached hydrogens (tertiary/aromatic N) is 1. The van der Waals surface area contributed by atoms with Gasteiger partial charge in [-0.2, -0.15) is 0 Å². The first-order valence-corrected chi connectivity index (χ1v) is 13.6. The summed E-state index contributed by atoms with van der Waals surface area (Å²) in [4.78, 5) is 46.0. The van der Waals surface area contributed by atoms with E-state index in [4.69, 9.17) is 21.1 Å². The van der Waals surface area contributed by atoms with Crippen LogP contribution < -0.4 is 14.4 Å². The molecule has 0 radical (unpaired) electrons. The monoisotopic (exact) mass is 555 g/mol. The van der Waals surface area contributed by atoms with E-state index >= 15 is 0 Å². The van der Waals surface area contributed by atoms with Crippen molar-refractivity contribution < 1.29 is 23.9 Å². The molecule has 3 atom stereocenters. The predicted octanol–water partition coefficient (Wildman–Crippen LogP) is 6.41. The summed E-state index contributed by atoms with van der Waals surface area (Å²) in [6, 6.07) is 16.2. The third-order valence-corrected chi connectivity index (χ3v) is 8.78. The summed E-state index contributed by atoms with van der Waals surface area (Å²) >= 11 is 6.36. The molecule has 1 spiro atoms. The highest BCUT2D eigenvalue weighted by molar-refractivity contribution is 6.32. The number of benzene rings is 3. The number of para-hydroxylation sites is 1. The first kappa shape index (κ1) is 26.3. The summed E-state index contributed by atoms with van der Waals surface area (Å²) in [6.45, 7) is 5.60. The van der Waals surface area contributed by atoms with Gasteiger partial charge in [-0.1, -0.05) is 80.9 Å². The molecule has 204 valence electrons. The van der Waals surface area contributed by atoms with Gasteiger partial charge in [-0.3, -0.25) is 14.4 Å². The van der Waals surface area contributed by atoms with Crippen LogP contribution in [-0.2, 0) is 4.79 Å². The smallest absolute Gasteiger partial charge is 0.180 e. The maximum Gasteiger partial charge on any atom is 0.180 e. The molecule has 2 aliphatic heterocycles. The maximum absolute atomic E-state index is 14.7. The number of Topliss-reactive ketones (excluding diaryl/α,β-unsaturated/α-hetero) is 3. The van der Waals surface area contributed by atoms with Gasteiger partial charge in [0.25, 0.3) is 0 Å². The van der Waals surface area contributed by atoms with Gasteiger partial charge >= 0.3 is 0 Å². The van der Waals surface area contributed by atoms with E-state index in [9.17, 15) is 14.4 Å². The number of anilines is 1. The molecule has 6 rings (SSSR count). The van der Waals surface area contributed by atoms with Crippen LogP contribution in [-0.4, -0.2) is 43.7 Å². The summed E-state index contributed by atoms with van der Waals surface area (Å²) in [7, 11) is 3.07. The zero-order chi connectivity index (χ0) is 28.6. The fraction of sp³-hybridized carbons (Fsp3) is 0.303. The lowest BCUT2D eigenvalue weighted by molar-refractivity contribution is -0.127. The van der Waals surface area contributed by atoms with Gasteiger partial charge in [-0.15, -0.1) is 0 Å². The van der Waals surface area contributed by atoms with E-state index in [0.717, 1.165) is 11.3 Å². The summed E-state index contributed by atoms with van der Waals surface area (Å²) in [5.74, 6) is -0.670. The van der Waals surface area contributed by atoms with Crippen molar-refractivity contribution in [3.63, 3.8) is 0 Å². The number of halogens is 1. The third kappa shape index (κ3) is 3.38. The number of hydrogen-bond donors (Lipinski definition) is 0. The topological polar surface area (TPSA) is 72.9 Å². The van der Waals surface area contributed by atoms with Crippen molar-refractivity contribution in [1.29, 1.82) is 0 Å². The molecule has 7 heteroatoms. The molecular formula is C33H30ClNO5. The van der Waals surface area contributed by atoms with E-state index in [0.29, 0.717) is 33.2 Å². The van der Waals surface area contributed by atoms with E-state index in [-0.39, 0.29) is 17.3 Å². The Hall–Kier alpha value is -3.90. The van der Waals surface area contributed by atoms with E-state index in [1.54, 1.807) is 42.5 Å². The molecule has 2 heterocycles. The summed E-state index contributed by atoms with van der Waals surface area (Å²) in [5, 5.41) is 0.556. The molecule has 0 unspecified atom stereocenters. The van der Waals surface area contributed by atoms with Crippen LogP contribution in [0.1, 0.15) is 58.5 Å². The third-order valence-electron chi connectivity index (χ3n) is 8.54. The van der Waals surface area contributed by atoms with Crippen LogP contribution in [0.5, 0.6) is 11.5 Å². The molecular weight excluding hydrogens is 526 g/mol. The molecule has 0 aromatic heterocycles. The van der Waals surface area contributed by atoms with Crippen LogP contribution in [0, 0.1) is 10.8 Å². The fourth-order valence-corrected chi connectivity index (χ4v) is 7.07. The van der Waals surface area contributed by atoms with Gasteiger partial charge < -0.3 is 14.4 Å². The molecule has 3 aliphatic rings. The molecule has 40 heavy (non-hydrogen) atoms. The minimum atomic E-state index is -1.61. The molecule has 0 saturated carbocycles. The van der Waals surface area contributed by atoms with Gasteiger partial charge in [0.15, 0.2) is 28.8 Å². The van der Waals surface area contributed by atoms with Crippen molar-refractivity contribution in [1.82, 2.24) is 0 Å². The maximum atomic E-state index is 14.7. The highest BCUT2D eigenvalue weighted by atomic mass is 35.5. The second kappa shape index (κ2) is 9.07. The van der Waals surface area contributed by atoms with E-state index in [1.165, 1.54) is 14.2 Å². The van der Waals surface area contributed by atoms with E-state index < -0.39 is 28.8 Å². The average molecular weight is 556 g/mol. The number of ether oxygens (including phenoxy) is 2. The lowest BCUT2D eigenvalue weighted by Crippen LogP contribution is -2.49. The molecule has 3 aromatic carbocycles. The van der Waals surface area contributed by atoms with E-state index in [1.807, 2.05) is 56.0 Å². The van der Waals surface area contributed by atoms with Crippen molar-refractivity contribution in [2.75, 3.05) is 19.1 Å². The van der Waals surface area contributed by atoms with Gasteiger partial charge in [0, 0.05) is 38.7 Å². The Kier molecular flexibility index (Phi) is 5.97. The van der Waals surface area contributed by atoms with Crippen LogP contribution in [0.15, 0.2) is 66.7 Å². The molecule has 0 amide bonds. The molecule has 1 fully saturated rings. The van der Waals surface area contributed by atoms with Gasteiger partial charge in [0.2, 0.25) is 0 Å². The van der Waals surface area contributed by atoms with Crippen LogP contribution >= 0.6 is 11.6 Å². The van der Waals surface area contributed by atoms with Gasteiger partial charge in [0.05, 0.1) is 26.3 Å². The Morgan fingerprint density at radius 3 is 2.20 bits per heavy atom. The van der Waals surface area contributed by atoms with Gasteiger partial charge in [0.1, 0.15) is 5.41 Å². The first-order valence-electron chi connectivity index (χ1n) is 13.3. The number of carbonyl (C=O) groups excluding carboxylic acids is 3. The lowest BCUT2D eigenvalue weighted by Gasteiger charge is -2.38. The Labute approximate surface area is 238 Å². The summed E-state index contributed by atoms with van der Waals surface area (Å²) < 4.78 is 11.5. The highest BCUT2D eigenvalue weighted by Gasteiger charge is 2.72. The molecule has 3 aromatic rings. The van der Waals surface area contributed by atoms with Gasteiger partial charge in [-0.25, -0.2) is 0 Å². The minimum absolute atomic E-state index is 0.0861. The Balaban J connectivity index is 1.74. The molecule has 1 saturated heterocycles. The average Bonchev–Trinajstić information content (AvgIpc) is 3.37. The van der Waals surface area contributed by atoms with E-state index in [2.05, 4.69) is 0 Å². The number of fused-ring (bicyclic) bond motifs is 5. The second-order valence-electron chi connectivity index (χ2n) is 11.6. The number of methoxy groups -OCH3 is 2. The standard InChI is InChI=1S/C33H30ClNO5/c1-32(2,3)31(38)27-26(22-11-8-12-24(39-4)28(22)40-5)33(29(36)20-9-6-7-10-21(20)30(33)37)25-16-13-18-17-19(34)14-15-23(18)35(25)27/h6-17,25-27H,1-5H3/t25-,26+,27-/m0/s1. The first-order chi connectivity index (χ1) is 19.1. The zero-order valence-electron chi connectivity index (χ0n) is 23.0. The normalized spacial score (nSPS) is 22.2. The quantitative estimate of drug-likeness (QED) is 0.347. The molecule has 0 N–H and O–H groups in total. The van der Waals surface area contributed by atoms with Crippen LogP contribution in [0.3, 0.4) is 0 Å². The van der Waals surface area contributed by atoms with Crippen molar-refractivity contribution >= 4 is 40.7 Å². The van der Waals surface area contributed by atoms with Crippen molar-refractivity contribution in [2.24, 2.45) is 10.8 Å². The van der Waals surface area contributed by atoms with Crippen LogP contribution in [0.2, 0.25) is 5.02 Å². The SMILES string of the molecule is COc1cccc([C@@H]2[C@@H](C(=O)C(C)(C)C)N3c4ccc(Cl)cc4C=C[C@H]3C23C(=O)c2ccccc2C3=O)c1OC. The molecule has 6 nitrogen and oxygen atoms in total. The van der Waals surface area contributed by atoms with Crippen molar-refractivity contribution in [3.8, 4) is 11.5 Å². The number of hydrogen-bond acceptors (Lipinski definition) is 6. The fourth-order valence-electron chi connectivity index (χ4n) is 6.89. The zero-order valence-corrected chi connectivity index (χ0v) is 23.8. The number of carbonyl (C=O) groups is 3. The van der Waals surface area contributed by atoms with Crippen molar-refractivity contribution in [2.45, 2.75) is 38.8 Å². The second-order valence-corrected chi connectivity index (χ2v) is 12.0. The van der Waals surface area contributed by atoms with Crippen LogP contribution in [0.4, 0.5) is 5.69 Å². The minimum Gasteiger partial charge on any atom is -0.493 e. The Morgan fingerprint density at radius 1 is 0.925 bits per heavy atom. The Morgan fingerprint density at radius 2 is 1.60 bits per heavy atom. The number of ketones is 3. The largest absolute Gasteiger partial charge is 0.493 e. The molecule has 0 bridgehead atoms. The number of rotatable bonds is 4. The summed E-state index contributed by atoms with van der Waals surface area (Å²) in [5.41, 5.74) is 0.507. The molecule has 1 aliphatic carbocycles. The lowest BCUT2D eigenvalue weighted by atomic mass is 9.63.